The molecule has 508 valence electrons. The first-order chi connectivity index (χ1) is 51.9. The Morgan fingerprint density at radius 2 is 0.638 bits per heavy atom. The van der Waals surface area contributed by atoms with E-state index in [0.29, 0.717) is 0 Å². The molecule has 0 radical (unpaired) electrons. The molecule has 0 aliphatic heterocycles. The highest BCUT2D eigenvalue weighted by atomic mass is 15.1. The molecule has 2 nitrogen and oxygen atoms in total. The second-order valence-electron chi connectivity index (χ2n) is 29.5. The summed E-state index contributed by atoms with van der Waals surface area (Å²) in [5.41, 5.74) is 33.3. The molecule has 18 rings (SSSR count). The Morgan fingerprint density at radius 1 is 0.295 bits per heavy atom. The summed E-state index contributed by atoms with van der Waals surface area (Å²) < 4.78 is 2.57. The van der Waals surface area contributed by atoms with E-state index >= 15 is 0 Å². The van der Waals surface area contributed by atoms with Gasteiger partial charge in [0.05, 0.1) is 21.9 Å². The molecule has 2 heteroatoms. The van der Waals surface area contributed by atoms with Crippen LogP contribution in [-0.4, -0.2) is 4.57 Å². The Balaban J connectivity index is 0.872. The van der Waals surface area contributed by atoms with Gasteiger partial charge in [-0.05, 0) is 208 Å². The van der Waals surface area contributed by atoms with E-state index in [1.165, 1.54) is 177 Å². The molecule has 0 amide bonds. The predicted molar refractivity (Wildman–Crippen MR) is 445 cm³/mol. The monoisotopic (exact) mass is 1350 g/mol. The maximum Gasteiger partial charge on any atom is 0.0714 e. The first-order valence-corrected chi connectivity index (χ1v) is 38.2. The third kappa shape index (κ3) is 10.6. The summed E-state index contributed by atoms with van der Waals surface area (Å²) in [6.45, 7) is 12.8. The van der Waals surface area contributed by atoms with Crippen molar-refractivity contribution in [3.05, 3.63) is 408 Å². The summed E-state index contributed by atoms with van der Waals surface area (Å²) in [5, 5.41) is 2.47. The van der Waals surface area contributed by atoms with Gasteiger partial charge in [0.25, 0.3) is 0 Å². The smallest absolute Gasteiger partial charge is 0.0714 e. The van der Waals surface area contributed by atoms with E-state index in [1.807, 2.05) is 12.2 Å². The number of hydrogen-bond acceptors (Lipinski definition) is 1. The number of hydrogen-bond donors (Lipinski definition) is 0. The molecule has 0 spiro atoms. The maximum atomic E-state index is 4.06. The SMILES string of the molecule is C=Cc1ccc(-c2ccc3c(c2)c2cc(-c4ccc(C=C)cc4)ccc2n3-c2ccc3c(c2)C(CCCCCC)(CCCCCC)c2cc(N(c4ccc5c(c4)C(c4ccccc4)(c4ccccc4)c4ccccc4-5)c4ccc5c(c4)C(c4ccccc4)(c4ccccc4)c4ccccc4-5)ccc2-3)cc1. The van der Waals surface area contributed by atoms with Crippen LogP contribution in [0.4, 0.5) is 17.1 Å². The van der Waals surface area contributed by atoms with E-state index in [-0.39, 0.29) is 5.41 Å². The normalized spacial score (nSPS) is 13.7. The molecule has 0 saturated heterocycles. The largest absolute Gasteiger partial charge is 0.310 e. The molecular formula is C103H86N2. The molecule has 3 aliphatic rings. The fourth-order valence-electron chi connectivity index (χ4n) is 19.0. The van der Waals surface area contributed by atoms with Crippen molar-refractivity contribution in [2.24, 2.45) is 0 Å². The van der Waals surface area contributed by atoms with Crippen molar-refractivity contribution >= 4 is 51.0 Å². The van der Waals surface area contributed by atoms with Crippen LogP contribution >= 0.6 is 0 Å². The van der Waals surface area contributed by atoms with E-state index in [0.717, 1.165) is 53.9 Å². The maximum absolute atomic E-state index is 4.06. The van der Waals surface area contributed by atoms with Crippen LogP contribution in [0, 0.1) is 0 Å². The van der Waals surface area contributed by atoms with Crippen molar-refractivity contribution in [3.8, 4) is 61.3 Å². The molecule has 1 heterocycles. The lowest BCUT2D eigenvalue weighted by Gasteiger charge is -2.36. The van der Waals surface area contributed by atoms with Crippen LogP contribution in [0.25, 0.3) is 95.3 Å². The van der Waals surface area contributed by atoms with Gasteiger partial charge in [0.1, 0.15) is 0 Å². The lowest BCUT2D eigenvalue weighted by atomic mass is 9.67. The van der Waals surface area contributed by atoms with Crippen LogP contribution in [0.15, 0.2) is 341 Å². The topological polar surface area (TPSA) is 8.17 Å². The van der Waals surface area contributed by atoms with Crippen molar-refractivity contribution in [3.63, 3.8) is 0 Å². The lowest BCUT2D eigenvalue weighted by molar-refractivity contribution is 0.401. The van der Waals surface area contributed by atoms with Crippen LogP contribution in [0.1, 0.15) is 145 Å². The average molecular weight is 1350 g/mol. The Bertz CT molecular complexity index is 5400. The Kier molecular flexibility index (Phi) is 16.8. The van der Waals surface area contributed by atoms with Gasteiger partial charge in [0.15, 0.2) is 0 Å². The third-order valence-corrected chi connectivity index (χ3v) is 23.9. The van der Waals surface area contributed by atoms with Crippen LogP contribution in [0.2, 0.25) is 0 Å². The van der Waals surface area contributed by atoms with E-state index < -0.39 is 10.8 Å². The molecule has 14 aromatic carbocycles. The molecule has 15 aromatic rings. The third-order valence-electron chi connectivity index (χ3n) is 23.9. The van der Waals surface area contributed by atoms with Crippen molar-refractivity contribution in [2.45, 2.75) is 94.3 Å². The Morgan fingerprint density at radius 3 is 1.04 bits per heavy atom. The number of fused-ring (bicyclic) bond motifs is 12. The summed E-state index contributed by atoms with van der Waals surface area (Å²) in [5.74, 6) is 0. The molecule has 0 saturated carbocycles. The van der Waals surface area contributed by atoms with Crippen molar-refractivity contribution < 1.29 is 0 Å². The Hall–Kier alpha value is -11.8. The minimum Gasteiger partial charge on any atom is -0.310 e. The fourth-order valence-corrected chi connectivity index (χ4v) is 19.0. The number of rotatable bonds is 22. The van der Waals surface area contributed by atoms with Crippen molar-refractivity contribution in [2.75, 3.05) is 4.90 Å². The number of anilines is 3. The molecule has 0 N–H and O–H groups in total. The number of unbranched alkanes of at least 4 members (excludes halogenated alkanes) is 6. The highest BCUT2D eigenvalue weighted by Crippen LogP contribution is 2.62. The molecule has 105 heavy (non-hydrogen) atoms. The average Bonchev–Trinajstić information content (AvgIpc) is 1.55. The molecule has 1 aromatic heterocycles. The molecule has 3 aliphatic carbocycles. The summed E-state index contributed by atoms with van der Waals surface area (Å²) in [6, 6.07) is 126. The van der Waals surface area contributed by atoms with E-state index in [4.69, 9.17) is 0 Å². The van der Waals surface area contributed by atoms with Gasteiger partial charge in [-0.1, -0.05) is 345 Å². The molecule has 0 unspecified atom stereocenters. The molecule has 0 atom stereocenters. The second-order valence-corrected chi connectivity index (χ2v) is 29.5. The van der Waals surface area contributed by atoms with Crippen LogP contribution < -0.4 is 4.90 Å². The van der Waals surface area contributed by atoms with Crippen molar-refractivity contribution in [1.82, 2.24) is 4.57 Å². The van der Waals surface area contributed by atoms with E-state index in [2.05, 4.69) is 364 Å². The van der Waals surface area contributed by atoms with Gasteiger partial charge < -0.3 is 9.47 Å². The lowest BCUT2D eigenvalue weighted by Crippen LogP contribution is -2.29. The predicted octanol–water partition coefficient (Wildman–Crippen LogP) is 27.8. The highest BCUT2D eigenvalue weighted by Gasteiger charge is 2.49. The summed E-state index contributed by atoms with van der Waals surface area (Å²) in [4.78, 5) is 2.64. The Labute approximate surface area is 619 Å². The first-order valence-electron chi connectivity index (χ1n) is 38.2. The summed E-state index contributed by atoms with van der Waals surface area (Å²) in [7, 11) is 0. The molecule has 0 bridgehead atoms. The van der Waals surface area contributed by atoms with Gasteiger partial charge in [-0.15, -0.1) is 0 Å². The fraction of sp³-hybridized carbons (Fsp3) is 0.146. The minimum absolute atomic E-state index is 0.289. The zero-order valence-corrected chi connectivity index (χ0v) is 60.2. The van der Waals surface area contributed by atoms with E-state index in [9.17, 15) is 0 Å². The van der Waals surface area contributed by atoms with Gasteiger partial charge in [-0.25, -0.2) is 0 Å². The van der Waals surface area contributed by atoms with Gasteiger partial charge in [-0.3, -0.25) is 0 Å². The van der Waals surface area contributed by atoms with Crippen LogP contribution in [0.5, 0.6) is 0 Å². The van der Waals surface area contributed by atoms with Gasteiger partial charge in [0.2, 0.25) is 0 Å². The zero-order chi connectivity index (χ0) is 70.6. The standard InChI is InChI=1S/C103H86N2/c1-5-9-11-29-63-101(64-30-12-10-6-2)95-67-81(53-57-87(95)88-58-56-84(68-96(88)101)105-99-61-51-75(73-47-43-71(7-3)44-48-73)65-91(99)92-66-76(52-62-100(92)105)74-49-45-72(8-4)46-50-74)104(82-54-59-89-85-39-25-27-41-93(85)102(97(89)69-82,77-31-17-13-18-32-77)78-33-19-14-20-34-78)83-55-60-90-86-40-26-28-42-94(86)103(98(90)70-83,79-35-21-15-22-36-79)80-37-23-16-24-38-80/h7-8,13-28,31-62,65-70H,3-6,9-12,29-30,63-64H2,1-2H3. The molecule has 0 fully saturated rings. The second kappa shape index (κ2) is 27.1. The highest BCUT2D eigenvalue weighted by molar-refractivity contribution is 6.12. The first kappa shape index (κ1) is 65.2. The molecular weight excluding hydrogens is 1270 g/mol. The van der Waals surface area contributed by atoms with Crippen LogP contribution in [0.3, 0.4) is 0 Å². The number of benzene rings is 14. The number of nitrogens with zero attached hydrogens (tertiary/aromatic N) is 2. The van der Waals surface area contributed by atoms with Gasteiger partial charge in [0, 0.05) is 38.9 Å². The number of aromatic nitrogens is 1. The van der Waals surface area contributed by atoms with E-state index in [1.54, 1.807) is 0 Å². The summed E-state index contributed by atoms with van der Waals surface area (Å²) >= 11 is 0. The van der Waals surface area contributed by atoms with Crippen molar-refractivity contribution in [1.29, 1.82) is 0 Å². The summed E-state index contributed by atoms with van der Waals surface area (Å²) in [6.07, 6.45) is 15.4. The minimum atomic E-state index is -0.606. The van der Waals surface area contributed by atoms with Gasteiger partial charge >= 0.3 is 0 Å². The van der Waals surface area contributed by atoms with Crippen LogP contribution in [-0.2, 0) is 16.2 Å². The quantitative estimate of drug-likeness (QED) is 0.0614. The zero-order valence-electron chi connectivity index (χ0n) is 60.2. The van der Waals surface area contributed by atoms with Gasteiger partial charge in [-0.2, -0.15) is 0 Å².